The Hall–Kier alpha value is 0.168. The molecule has 0 N–H and O–H groups in total. The van der Waals surface area contributed by atoms with Crippen molar-refractivity contribution in [1.82, 2.24) is 0 Å². The molecule has 1 heteroatoms. The van der Waals surface area contributed by atoms with Gasteiger partial charge in [-0.05, 0) is 25.7 Å². The number of hydrogen-bond donors (Lipinski definition) is 0. The Kier molecular flexibility index (Phi) is 8.58. The maximum atomic E-state index is 2.44. The normalized spacial score (nSPS) is 18.9. The molecule has 0 nitrogen and oxygen atoms in total. The second-order valence-electron chi connectivity index (χ2n) is 3.80. The Labute approximate surface area is 103 Å². The molecule has 0 aliphatic heterocycles. The van der Waals surface area contributed by atoms with Crippen molar-refractivity contribution in [2.24, 2.45) is 5.92 Å². The first kappa shape index (κ1) is 14.2. The number of hydrogen-bond acceptors (Lipinski definition) is 0. The van der Waals surface area contributed by atoms with Gasteiger partial charge in [0.2, 0.25) is 0 Å². The molecule has 0 saturated heterocycles. The van der Waals surface area contributed by atoms with E-state index < -0.39 is 0 Å². The van der Waals surface area contributed by atoms with Gasteiger partial charge in [-0.3, -0.25) is 0 Å². The van der Waals surface area contributed by atoms with Crippen LogP contribution >= 0.6 is 0 Å². The van der Waals surface area contributed by atoms with Crippen LogP contribution in [-0.2, 0) is 21.1 Å². The van der Waals surface area contributed by atoms with Crippen LogP contribution in [0.1, 0.15) is 46.0 Å². The van der Waals surface area contributed by atoms with Crippen LogP contribution in [0.3, 0.4) is 0 Å². The molecule has 14 heavy (non-hydrogen) atoms. The average molecular weight is 372 g/mol. The Morgan fingerprint density at radius 3 is 2.71 bits per heavy atom. The van der Waals surface area contributed by atoms with E-state index >= 15 is 0 Å². The van der Waals surface area contributed by atoms with E-state index in [1.165, 1.54) is 32.1 Å². The topological polar surface area (TPSA) is 0 Å². The van der Waals surface area contributed by atoms with Crippen LogP contribution in [0.25, 0.3) is 0 Å². The van der Waals surface area contributed by atoms with E-state index in [4.69, 9.17) is 0 Å². The van der Waals surface area contributed by atoms with Crippen LogP contribution in [0.4, 0.5) is 0 Å². The zero-order chi connectivity index (χ0) is 9.52. The second kappa shape index (κ2) is 8.47. The minimum Gasteiger partial charge on any atom is -0.322 e. The van der Waals surface area contributed by atoms with Crippen LogP contribution in [-0.4, -0.2) is 0 Å². The molecule has 0 bridgehead atoms. The molecule has 0 saturated carbocycles. The van der Waals surface area contributed by atoms with E-state index in [1.807, 2.05) is 0 Å². The summed E-state index contributed by atoms with van der Waals surface area (Å²) in [4.78, 5) is 0. The second-order valence-corrected chi connectivity index (χ2v) is 3.80. The van der Waals surface area contributed by atoms with Crippen LogP contribution in [0.5, 0.6) is 0 Å². The summed E-state index contributed by atoms with van der Waals surface area (Å²) in [6.07, 6.45) is 15.6. The molecule has 0 aromatic heterocycles. The van der Waals surface area contributed by atoms with Gasteiger partial charge in [0.15, 0.2) is 0 Å². The predicted molar refractivity (Wildman–Crippen MR) is 59.4 cm³/mol. The van der Waals surface area contributed by atoms with Crippen molar-refractivity contribution in [3.05, 3.63) is 30.2 Å². The van der Waals surface area contributed by atoms with Crippen molar-refractivity contribution in [3.8, 4) is 0 Å². The van der Waals surface area contributed by atoms with Gasteiger partial charge in [-0.25, -0.2) is 0 Å². The van der Waals surface area contributed by atoms with Gasteiger partial charge in [0.05, 0.1) is 0 Å². The van der Waals surface area contributed by atoms with E-state index in [1.54, 1.807) is 5.57 Å². The molecule has 1 atom stereocenters. The largest absolute Gasteiger partial charge is 0.322 e. The molecular formula is C13H21Pt-. The van der Waals surface area contributed by atoms with Crippen LogP contribution in [0, 0.1) is 12.3 Å². The predicted octanol–water partition coefficient (Wildman–Crippen LogP) is 4.29. The monoisotopic (exact) mass is 372 g/mol. The standard InChI is InChI=1S/C13H21.Pt/c1-3-9-12(2)13-10-7-5-4-6-8-11-13;/h4-5,9,11-12H,3,6-8,10H2,1-2H3;/q-1;. The fraction of sp³-hybridized carbons (Fsp3) is 0.615. The maximum Gasteiger partial charge on any atom is 0 e. The van der Waals surface area contributed by atoms with Gasteiger partial charge in [-0.2, -0.15) is 6.42 Å². The number of allylic oxidation sites excluding steroid dienone is 4. The molecule has 0 heterocycles. The third kappa shape index (κ3) is 5.15. The third-order valence-corrected chi connectivity index (χ3v) is 2.68. The van der Waals surface area contributed by atoms with Crippen molar-refractivity contribution in [2.75, 3.05) is 0 Å². The molecule has 1 aliphatic carbocycles. The summed E-state index contributed by atoms with van der Waals surface area (Å²) in [5.74, 6) is 0.691. The molecule has 0 fully saturated rings. The summed E-state index contributed by atoms with van der Waals surface area (Å²) in [5.41, 5.74) is 1.64. The van der Waals surface area contributed by atoms with Crippen molar-refractivity contribution >= 4 is 0 Å². The third-order valence-electron chi connectivity index (χ3n) is 2.68. The molecule has 1 unspecified atom stereocenters. The Bertz CT molecular complexity index is 191. The zero-order valence-electron chi connectivity index (χ0n) is 9.24. The summed E-state index contributed by atoms with van der Waals surface area (Å²) < 4.78 is 0. The fourth-order valence-electron chi connectivity index (χ4n) is 1.87. The Balaban J connectivity index is 0.00000169. The molecule has 1 aliphatic rings. The van der Waals surface area contributed by atoms with Crippen molar-refractivity contribution in [1.29, 1.82) is 0 Å². The summed E-state index contributed by atoms with van der Waals surface area (Å²) in [6, 6.07) is 0. The molecule has 0 amide bonds. The van der Waals surface area contributed by atoms with E-state index in [9.17, 15) is 0 Å². The smallest absolute Gasteiger partial charge is 0 e. The SMILES string of the molecule is CC[CH-]C(C)C1=CCCC=CCC1.[Pt]. The molecule has 1 rings (SSSR count). The molecule has 0 aromatic carbocycles. The zero-order valence-corrected chi connectivity index (χ0v) is 11.5. The van der Waals surface area contributed by atoms with Crippen molar-refractivity contribution in [2.45, 2.75) is 46.0 Å². The average Bonchev–Trinajstić information content (AvgIpc) is 2.03. The van der Waals surface area contributed by atoms with Gasteiger partial charge in [0.25, 0.3) is 0 Å². The minimum atomic E-state index is 0. The maximum absolute atomic E-state index is 2.44. The summed E-state index contributed by atoms with van der Waals surface area (Å²) in [6.45, 7) is 4.54. The molecular weight excluding hydrogens is 351 g/mol. The van der Waals surface area contributed by atoms with Gasteiger partial charge in [-0.15, -0.1) is 11.5 Å². The van der Waals surface area contributed by atoms with Gasteiger partial charge in [0, 0.05) is 21.1 Å². The van der Waals surface area contributed by atoms with Gasteiger partial charge >= 0.3 is 0 Å². The minimum absolute atomic E-state index is 0. The van der Waals surface area contributed by atoms with Crippen molar-refractivity contribution in [3.63, 3.8) is 0 Å². The molecule has 0 radical (unpaired) electrons. The van der Waals surface area contributed by atoms with Crippen LogP contribution in [0.2, 0.25) is 0 Å². The van der Waals surface area contributed by atoms with Crippen molar-refractivity contribution < 1.29 is 21.1 Å². The van der Waals surface area contributed by atoms with Gasteiger partial charge < -0.3 is 6.42 Å². The first-order valence-corrected chi connectivity index (χ1v) is 5.52. The summed E-state index contributed by atoms with van der Waals surface area (Å²) >= 11 is 0. The van der Waals surface area contributed by atoms with E-state index in [-0.39, 0.29) is 21.1 Å². The summed E-state index contributed by atoms with van der Waals surface area (Å²) in [5, 5.41) is 0. The van der Waals surface area contributed by atoms with Crippen LogP contribution < -0.4 is 0 Å². The fourth-order valence-corrected chi connectivity index (χ4v) is 1.87. The van der Waals surface area contributed by atoms with E-state index in [0.717, 1.165) is 0 Å². The molecule has 0 spiro atoms. The van der Waals surface area contributed by atoms with E-state index in [0.29, 0.717) is 5.92 Å². The molecule has 84 valence electrons. The van der Waals surface area contributed by atoms with E-state index in [2.05, 4.69) is 38.5 Å². The molecule has 0 aromatic rings. The number of rotatable bonds is 3. The first-order chi connectivity index (χ1) is 6.34. The Morgan fingerprint density at radius 1 is 1.29 bits per heavy atom. The van der Waals surface area contributed by atoms with Crippen LogP contribution in [0.15, 0.2) is 23.8 Å². The first-order valence-electron chi connectivity index (χ1n) is 5.52. The Morgan fingerprint density at radius 2 is 2.00 bits per heavy atom. The van der Waals surface area contributed by atoms with Gasteiger partial charge in [-0.1, -0.05) is 32.1 Å². The summed E-state index contributed by atoms with van der Waals surface area (Å²) in [7, 11) is 0. The van der Waals surface area contributed by atoms with Gasteiger partial charge in [0.1, 0.15) is 0 Å². The quantitative estimate of drug-likeness (QED) is 0.512.